The molecule has 158 valence electrons. The topological polar surface area (TPSA) is 66.0 Å². The zero-order valence-corrected chi connectivity index (χ0v) is 18.6. The van der Waals surface area contributed by atoms with E-state index < -0.39 is 0 Å². The molecule has 0 radical (unpaired) electrons. The minimum Gasteiger partial charge on any atom is -0.355 e. The SMILES string of the molecule is CC(=O)NCCNCc1cnc2c(Nc3cccc(-c4ccccc4)c3C)csc2c1. The molecule has 4 rings (SSSR count). The van der Waals surface area contributed by atoms with Gasteiger partial charge < -0.3 is 16.0 Å². The van der Waals surface area contributed by atoms with Crippen molar-refractivity contribution in [3.8, 4) is 11.1 Å². The fraction of sp³-hybridized carbons (Fsp3) is 0.200. The van der Waals surface area contributed by atoms with Gasteiger partial charge in [-0.2, -0.15) is 0 Å². The molecule has 0 aliphatic rings. The summed E-state index contributed by atoms with van der Waals surface area (Å²) in [5.74, 6) is -0.00644. The first-order valence-electron chi connectivity index (χ1n) is 10.3. The Bertz CT molecular complexity index is 1190. The van der Waals surface area contributed by atoms with Crippen molar-refractivity contribution in [3.05, 3.63) is 77.3 Å². The molecule has 3 N–H and O–H groups in total. The number of carbonyl (C=O) groups is 1. The lowest BCUT2D eigenvalue weighted by atomic mass is 9.99. The molecular formula is C25H26N4OS. The average Bonchev–Trinajstić information content (AvgIpc) is 3.17. The molecule has 1 amide bonds. The van der Waals surface area contributed by atoms with Gasteiger partial charge in [0.25, 0.3) is 0 Å². The van der Waals surface area contributed by atoms with E-state index in [2.05, 4.69) is 76.8 Å². The second kappa shape index (κ2) is 9.73. The summed E-state index contributed by atoms with van der Waals surface area (Å²) in [6.07, 6.45) is 1.92. The van der Waals surface area contributed by atoms with E-state index in [1.165, 1.54) is 23.6 Å². The van der Waals surface area contributed by atoms with Gasteiger partial charge in [0.1, 0.15) is 5.52 Å². The smallest absolute Gasteiger partial charge is 0.216 e. The van der Waals surface area contributed by atoms with Crippen molar-refractivity contribution >= 4 is 38.8 Å². The van der Waals surface area contributed by atoms with Crippen LogP contribution in [0.25, 0.3) is 21.3 Å². The van der Waals surface area contributed by atoms with Crippen LogP contribution in [0, 0.1) is 6.92 Å². The summed E-state index contributed by atoms with van der Waals surface area (Å²) in [5, 5.41) is 11.8. The van der Waals surface area contributed by atoms with Gasteiger partial charge in [0.15, 0.2) is 0 Å². The van der Waals surface area contributed by atoms with Crippen molar-refractivity contribution in [2.45, 2.75) is 20.4 Å². The molecule has 0 saturated heterocycles. The second-order valence-corrected chi connectivity index (χ2v) is 8.38. The summed E-state index contributed by atoms with van der Waals surface area (Å²) in [4.78, 5) is 15.6. The third-order valence-corrected chi connectivity index (χ3v) is 6.08. The third kappa shape index (κ3) is 5.10. The van der Waals surface area contributed by atoms with Crippen LogP contribution in [0.3, 0.4) is 0 Å². The predicted molar refractivity (Wildman–Crippen MR) is 130 cm³/mol. The zero-order valence-electron chi connectivity index (χ0n) is 17.7. The number of nitrogens with zero attached hydrogens (tertiary/aromatic N) is 1. The summed E-state index contributed by atoms with van der Waals surface area (Å²) in [6, 6.07) is 19.0. The Morgan fingerprint density at radius 1 is 1.03 bits per heavy atom. The van der Waals surface area contributed by atoms with E-state index in [1.807, 2.05) is 12.3 Å². The maximum atomic E-state index is 10.9. The number of benzene rings is 2. The number of fused-ring (bicyclic) bond motifs is 1. The van der Waals surface area contributed by atoms with Crippen LogP contribution in [0.4, 0.5) is 11.4 Å². The Kier molecular flexibility index (Phi) is 6.60. The highest BCUT2D eigenvalue weighted by Crippen LogP contribution is 2.34. The summed E-state index contributed by atoms with van der Waals surface area (Å²) < 4.78 is 1.15. The largest absolute Gasteiger partial charge is 0.355 e. The number of thiophene rings is 1. The fourth-order valence-electron chi connectivity index (χ4n) is 3.55. The molecule has 0 fully saturated rings. The van der Waals surface area contributed by atoms with Crippen LogP contribution in [-0.2, 0) is 11.3 Å². The van der Waals surface area contributed by atoms with Gasteiger partial charge in [-0.15, -0.1) is 11.3 Å². The Morgan fingerprint density at radius 2 is 1.87 bits per heavy atom. The van der Waals surface area contributed by atoms with Crippen molar-refractivity contribution in [1.29, 1.82) is 0 Å². The Labute approximate surface area is 186 Å². The monoisotopic (exact) mass is 430 g/mol. The van der Waals surface area contributed by atoms with Crippen molar-refractivity contribution in [2.75, 3.05) is 18.4 Å². The average molecular weight is 431 g/mol. The molecule has 0 saturated carbocycles. The second-order valence-electron chi connectivity index (χ2n) is 7.47. The van der Waals surface area contributed by atoms with Crippen LogP contribution in [0.2, 0.25) is 0 Å². The molecule has 2 heterocycles. The van der Waals surface area contributed by atoms with Gasteiger partial charge in [-0.05, 0) is 41.3 Å². The van der Waals surface area contributed by atoms with Crippen molar-refractivity contribution in [1.82, 2.24) is 15.6 Å². The van der Waals surface area contributed by atoms with Crippen LogP contribution in [0.15, 0.2) is 66.2 Å². The maximum Gasteiger partial charge on any atom is 0.216 e. The van der Waals surface area contributed by atoms with Crippen molar-refractivity contribution in [3.63, 3.8) is 0 Å². The van der Waals surface area contributed by atoms with Gasteiger partial charge in [0.05, 0.1) is 10.4 Å². The molecule has 31 heavy (non-hydrogen) atoms. The number of rotatable bonds is 8. The number of carbonyl (C=O) groups excluding carboxylic acids is 1. The minimum absolute atomic E-state index is 0.00644. The molecule has 0 aliphatic carbocycles. The maximum absolute atomic E-state index is 10.9. The highest BCUT2D eigenvalue weighted by molar-refractivity contribution is 7.17. The Hall–Kier alpha value is -3.22. The highest BCUT2D eigenvalue weighted by atomic mass is 32.1. The van der Waals surface area contributed by atoms with Gasteiger partial charge in [0, 0.05) is 43.8 Å². The lowest BCUT2D eigenvalue weighted by molar-refractivity contribution is -0.118. The van der Waals surface area contributed by atoms with Crippen LogP contribution >= 0.6 is 11.3 Å². The molecule has 2 aromatic heterocycles. The molecule has 0 aliphatic heterocycles. The summed E-state index contributed by atoms with van der Waals surface area (Å²) in [6.45, 7) is 5.75. The molecule has 5 nitrogen and oxygen atoms in total. The molecule has 0 bridgehead atoms. The molecule has 6 heteroatoms. The van der Waals surface area contributed by atoms with E-state index in [1.54, 1.807) is 11.3 Å². The first kappa shape index (κ1) is 21.0. The first-order valence-corrected chi connectivity index (χ1v) is 11.2. The molecule has 2 aromatic carbocycles. The van der Waals surface area contributed by atoms with Gasteiger partial charge in [-0.1, -0.05) is 42.5 Å². The summed E-state index contributed by atoms with van der Waals surface area (Å²) in [5.41, 5.74) is 7.89. The Morgan fingerprint density at radius 3 is 2.68 bits per heavy atom. The van der Waals surface area contributed by atoms with Crippen LogP contribution < -0.4 is 16.0 Å². The van der Waals surface area contributed by atoms with Crippen molar-refractivity contribution < 1.29 is 4.79 Å². The van der Waals surface area contributed by atoms with E-state index in [-0.39, 0.29) is 5.91 Å². The van der Waals surface area contributed by atoms with Crippen LogP contribution in [0.5, 0.6) is 0 Å². The molecule has 0 atom stereocenters. The number of nitrogens with one attached hydrogen (secondary N) is 3. The summed E-state index contributed by atoms with van der Waals surface area (Å²) >= 11 is 1.69. The van der Waals surface area contributed by atoms with Crippen LogP contribution in [0.1, 0.15) is 18.1 Å². The fourth-order valence-corrected chi connectivity index (χ4v) is 4.46. The van der Waals surface area contributed by atoms with Gasteiger partial charge in [-0.25, -0.2) is 0 Å². The predicted octanol–water partition coefficient (Wildman–Crippen LogP) is 5.24. The van der Waals surface area contributed by atoms with E-state index in [9.17, 15) is 4.79 Å². The number of hydrogen-bond donors (Lipinski definition) is 3. The van der Waals surface area contributed by atoms with Crippen molar-refractivity contribution in [2.24, 2.45) is 0 Å². The van der Waals surface area contributed by atoms with Gasteiger partial charge in [0.2, 0.25) is 5.91 Å². The lowest BCUT2D eigenvalue weighted by Gasteiger charge is -2.13. The van der Waals surface area contributed by atoms with Gasteiger partial charge >= 0.3 is 0 Å². The van der Waals surface area contributed by atoms with Gasteiger partial charge in [-0.3, -0.25) is 9.78 Å². The first-order chi connectivity index (χ1) is 15.1. The number of aromatic nitrogens is 1. The lowest BCUT2D eigenvalue weighted by Crippen LogP contribution is -2.29. The van der Waals surface area contributed by atoms with Crippen LogP contribution in [-0.4, -0.2) is 24.0 Å². The zero-order chi connectivity index (χ0) is 21.6. The van der Waals surface area contributed by atoms with E-state index in [0.29, 0.717) is 6.54 Å². The molecule has 4 aromatic rings. The molecular weight excluding hydrogens is 404 g/mol. The molecule has 0 unspecified atom stereocenters. The third-order valence-electron chi connectivity index (χ3n) is 5.16. The number of pyridine rings is 1. The normalized spacial score (nSPS) is 10.9. The quantitative estimate of drug-likeness (QED) is 0.335. The van der Waals surface area contributed by atoms with E-state index >= 15 is 0 Å². The number of hydrogen-bond acceptors (Lipinski definition) is 5. The number of amides is 1. The Balaban J connectivity index is 1.48. The van der Waals surface area contributed by atoms with E-state index in [0.717, 1.165) is 40.2 Å². The van der Waals surface area contributed by atoms with E-state index in [4.69, 9.17) is 4.98 Å². The summed E-state index contributed by atoms with van der Waals surface area (Å²) in [7, 11) is 0. The minimum atomic E-state index is -0.00644. The number of anilines is 2. The molecule has 0 spiro atoms. The standard InChI is InChI=1S/C25H26N4OS/c1-17-21(20-7-4-3-5-8-20)9-6-10-22(17)29-23-16-31-24-13-19(15-28-25(23)24)14-26-11-12-27-18(2)30/h3-10,13,15-16,26,29H,11-12,14H2,1-2H3,(H,27,30). The highest BCUT2D eigenvalue weighted by Gasteiger charge is 2.10.